The SMILES string of the molecule is Cc1cc(=O)oc2cc(O[C@H]3O[C@H](COCc4ccccc4)[C@@H](OCc4ccccc4)[C@@H]3OCc3ccccc3)ccc12. The first-order chi connectivity index (χ1) is 21.1. The van der Waals surface area contributed by atoms with E-state index in [2.05, 4.69) is 0 Å². The van der Waals surface area contributed by atoms with Crippen LogP contribution in [0.2, 0.25) is 0 Å². The molecule has 4 atom stereocenters. The molecular weight excluding hydrogens is 544 g/mol. The van der Waals surface area contributed by atoms with Gasteiger partial charge in [0, 0.05) is 17.5 Å². The zero-order chi connectivity index (χ0) is 29.4. The average molecular weight is 579 g/mol. The summed E-state index contributed by atoms with van der Waals surface area (Å²) >= 11 is 0. The molecule has 1 aliphatic heterocycles. The smallest absolute Gasteiger partial charge is 0.336 e. The van der Waals surface area contributed by atoms with Gasteiger partial charge in [-0.3, -0.25) is 0 Å². The van der Waals surface area contributed by atoms with E-state index in [0.717, 1.165) is 27.6 Å². The summed E-state index contributed by atoms with van der Waals surface area (Å²) in [5.41, 5.74) is 4.01. The molecule has 0 saturated carbocycles. The van der Waals surface area contributed by atoms with Gasteiger partial charge in [-0.15, -0.1) is 0 Å². The Morgan fingerprint density at radius 3 is 1.88 bits per heavy atom. The molecule has 6 rings (SSSR count). The molecule has 0 amide bonds. The van der Waals surface area contributed by atoms with Gasteiger partial charge in [0.1, 0.15) is 29.6 Å². The Kier molecular flexibility index (Phi) is 9.25. The summed E-state index contributed by atoms with van der Waals surface area (Å²) in [5, 5.41) is 0.840. The number of hydrogen-bond acceptors (Lipinski definition) is 7. The van der Waals surface area contributed by atoms with E-state index in [4.69, 9.17) is 28.1 Å². The minimum Gasteiger partial charge on any atom is -0.462 e. The largest absolute Gasteiger partial charge is 0.462 e. The standard InChI is InChI=1S/C36H34O7/c1-25-19-33(37)42-31-20-29(17-18-30(25)31)41-36-35(40-23-28-15-9-4-10-16-28)34(39-22-27-13-7-3-8-14-27)32(43-36)24-38-21-26-11-5-2-6-12-26/h2-20,32,34-36H,21-24H2,1H3/t32-,34-,35+,36+/m1/s1. The molecule has 1 fully saturated rings. The monoisotopic (exact) mass is 578 g/mol. The second-order valence-electron chi connectivity index (χ2n) is 10.6. The van der Waals surface area contributed by atoms with Crippen molar-refractivity contribution < 1.29 is 28.1 Å². The van der Waals surface area contributed by atoms with Crippen LogP contribution in [0, 0.1) is 6.92 Å². The molecule has 0 N–H and O–H groups in total. The zero-order valence-electron chi connectivity index (χ0n) is 24.0. The minimum atomic E-state index is -0.802. The highest BCUT2D eigenvalue weighted by Gasteiger charge is 2.48. The van der Waals surface area contributed by atoms with E-state index in [1.807, 2.05) is 110 Å². The van der Waals surface area contributed by atoms with Gasteiger partial charge in [-0.25, -0.2) is 4.79 Å². The lowest BCUT2D eigenvalue weighted by Crippen LogP contribution is -2.40. The highest BCUT2D eigenvalue weighted by atomic mass is 16.7. The Balaban J connectivity index is 1.26. The average Bonchev–Trinajstić information content (AvgIpc) is 3.35. The maximum Gasteiger partial charge on any atom is 0.336 e. The quantitative estimate of drug-likeness (QED) is 0.155. The molecule has 7 nitrogen and oxygen atoms in total. The van der Waals surface area contributed by atoms with E-state index < -0.39 is 30.2 Å². The fourth-order valence-electron chi connectivity index (χ4n) is 5.21. The third kappa shape index (κ3) is 7.39. The highest BCUT2D eigenvalue weighted by molar-refractivity contribution is 5.81. The Hall–Kier alpha value is -4.27. The number of rotatable bonds is 12. The van der Waals surface area contributed by atoms with Crippen LogP contribution in [0.3, 0.4) is 0 Å². The lowest BCUT2D eigenvalue weighted by Gasteiger charge is -2.25. The molecule has 0 radical (unpaired) electrons. The summed E-state index contributed by atoms with van der Waals surface area (Å²) in [7, 11) is 0. The minimum absolute atomic E-state index is 0.283. The predicted molar refractivity (Wildman–Crippen MR) is 163 cm³/mol. The number of hydrogen-bond donors (Lipinski definition) is 0. The first-order valence-electron chi connectivity index (χ1n) is 14.4. The number of aryl methyl sites for hydroxylation is 1. The van der Waals surface area contributed by atoms with Gasteiger partial charge in [-0.1, -0.05) is 91.0 Å². The molecule has 5 aromatic rings. The van der Waals surface area contributed by atoms with Crippen LogP contribution in [0.25, 0.3) is 11.0 Å². The summed E-state index contributed by atoms with van der Waals surface area (Å²) in [5.74, 6) is 0.493. The third-order valence-electron chi connectivity index (χ3n) is 7.41. The molecule has 1 saturated heterocycles. The van der Waals surface area contributed by atoms with Crippen LogP contribution in [-0.4, -0.2) is 31.2 Å². The first-order valence-corrected chi connectivity index (χ1v) is 14.4. The zero-order valence-corrected chi connectivity index (χ0v) is 24.0. The van der Waals surface area contributed by atoms with Crippen LogP contribution in [0.1, 0.15) is 22.3 Å². The molecule has 4 aromatic carbocycles. The lowest BCUT2D eigenvalue weighted by atomic mass is 10.1. The van der Waals surface area contributed by atoms with E-state index >= 15 is 0 Å². The van der Waals surface area contributed by atoms with Gasteiger partial charge in [-0.2, -0.15) is 0 Å². The summed E-state index contributed by atoms with van der Waals surface area (Å²) in [6, 6.07) is 36.9. The molecule has 1 aliphatic rings. The normalized spacial score (nSPS) is 19.9. The van der Waals surface area contributed by atoms with Gasteiger partial charge in [0.25, 0.3) is 0 Å². The van der Waals surface area contributed by atoms with Crippen molar-refractivity contribution in [3.05, 3.63) is 148 Å². The Labute approximate surface area is 250 Å². The van der Waals surface area contributed by atoms with Gasteiger partial charge in [-0.05, 0) is 41.3 Å². The van der Waals surface area contributed by atoms with Crippen molar-refractivity contribution in [2.45, 2.75) is 51.3 Å². The van der Waals surface area contributed by atoms with Gasteiger partial charge in [0.05, 0.1) is 26.4 Å². The lowest BCUT2D eigenvalue weighted by molar-refractivity contribution is -0.138. The van der Waals surface area contributed by atoms with Crippen molar-refractivity contribution in [2.75, 3.05) is 6.61 Å². The fraction of sp³-hybridized carbons (Fsp3) is 0.250. The molecule has 2 heterocycles. The Bertz CT molecular complexity index is 1650. The van der Waals surface area contributed by atoms with Crippen LogP contribution in [-0.2, 0) is 38.8 Å². The van der Waals surface area contributed by atoms with Crippen LogP contribution < -0.4 is 10.4 Å². The topological polar surface area (TPSA) is 76.4 Å². The van der Waals surface area contributed by atoms with Crippen molar-refractivity contribution in [2.24, 2.45) is 0 Å². The maximum atomic E-state index is 12.0. The summed E-state index contributed by atoms with van der Waals surface area (Å²) in [6.45, 7) is 3.33. The Morgan fingerprint density at radius 2 is 1.26 bits per heavy atom. The Morgan fingerprint density at radius 1 is 0.674 bits per heavy atom. The van der Waals surface area contributed by atoms with E-state index in [9.17, 15) is 4.79 Å². The van der Waals surface area contributed by atoms with Crippen molar-refractivity contribution in [3.63, 3.8) is 0 Å². The fourth-order valence-corrected chi connectivity index (χ4v) is 5.21. The van der Waals surface area contributed by atoms with Crippen molar-refractivity contribution in [1.29, 1.82) is 0 Å². The second kappa shape index (κ2) is 13.8. The van der Waals surface area contributed by atoms with Crippen LogP contribution in [0.5, 0.6) is 5.75 Å². The summed E-state index contributed by atoms with van der Waals surface area (Å²) in [6.07, 6.45) is -2.32. The molecule has 1 aromatic heterocycles. The predicted octanol–water partition coefficient (Wildman–Crippen LogP) is 6.59. The molecular formula is C36H34O7. The van der Waals surface area contributed by atoms with Gasteiger partial charge in [0.15, 0.2) is 0 Å². The van der Waals surface area contributed by atoms with E-state index in [1.54, 1.807) is 6.07 Å². The summed E-state index contributed by atoms with van der Waals surface area (Å²) < 4.78 is 37.4. The van der Waals surface area contributed by atoms with Crippen molar-refractivity contribution in [1.82, 2.24) is 0 Å². The van der Waals surface area contributed by atoms with Crippen LogP contribution >= 0.6 is 0 Å². The van der Waals surface area contributed by atoms with E-state index in [-0.39, 0.29) is 6.61 Å². The van der Waals surface area contributed by atoms with Gasteiger partial charge in [0.2, 0.25) is 6.29 Å². The van der Waals surface area contributed by atoms with Gasteiger partial charge < -0.3 is 28.1 Å². The number of benzene rings is 4. The molecule has 43 heavy (non-hydrogen) atoms. The summed E-state index contributed by atoms with van der Waals surface area (Å²) in [4.78, 5) is 12.0. The molecule has 0 spiro atoms. The third-order valence-corrected chi connectivity index (χ3v) is 7.41. The van der Waals surface area contributed by atoms with Crippen LogP contribution in [0.15, 0.2) is 124 Å². The molecule has 0 bridgehead atoms. The van der Waals surface area contributed by atoms with Gasteiger partial charge >= 0.3 is 5.63 Å². The molecule has 7 heteroatoms. The highest BCUT2D eigenvalue weighted by Crippen LogP contribution is 2.32. The molecule has 220 valence electrons. The van der Waals surface area contributed by atoms with Crippen molar-refractivity contribution in [3.8, 4) is 5.75 Å². The van der Waals surface area contributed by atoms with Crippen molar-refractivity contribution >= 4 is 11.0 Å². The van der Waals surface area contributed by atoms with E-state index in [0.29, 0.717) is 31.2 Å². The second-order valence-corrected chi connectivity index (χ2v) is 10.6. The first kappa shape index (κ1) is 28.8. The van der Waals surface area contributed by atoms with E-state index in [1.165, 1.54) is 6.07 Å². The van der Waals surface area contributed by atoms with Crippen LogP contribution in [0.4, 0.5) is 0 Å². The number of ether oxygens (including phenoxy) is 5. The maximum absolute atomic E-state index is 12.0. The molecule has 0 aliphatic carbocycles. The molecule has 0 unspecified atom stereocenters. The number of fused-ring (bicyclic) bond motifs is 1.